The third kappa shape index (κ3) is 3.28. The molecule has 0 fully saturated rings. The highest BCUT2D eigenvalue weighted by Gasteiger charge is 2.27. The first kappa shape index (κ1) is 16.4. The van der Waals surface area contributed by atoms with Crippen molar-refractivity contribution in [2.75, 3.05) is 19.3 Å². The second-order valence-corrected chi connectivity index (χ2v) is 7.33. The molecule has 8 heteroatoms. The van der Waals surface area contributed by atoms with Crippen LogP contribution in [-0.2, 0) is 10.0 Å². The lowest BCUT2D eigenvalue weighted by Gasteiger charge is -2.18. The molecule has 0 bridgehead atoms. The van der Waals surface area contributed by atoms with Crippen molar-refractivity contribution >= 4 is 43.2 Å². The predicted molar refractivity (Wildman–Crippen MR) is 78.2 cm³/mol. The van der Waals surface area contributed by atoms with E-state index in [1.54, 1.807) is 6.92 Å². The van der Waals surface area contributed by atoms with E-state index in [2.05, 4.69) is 22.5 Å². The van der Waals surface area contributed by atoms with E-state index in [1.807, 2.05) is 0 Å². The number of rotatable bonds is 4. The van der Waals surface area contributed by atoms with Gasteiger partial charge in [0, 0.05) is 13.6 Å². The van der Waals surface area contributed by atoms with Crippen molar-refractivity contribution in [3.05, 3.63) is 33.5 Å². The molecular weight excluding hydrogens is 359 g/mol. The molecule has 106 valence electrons. The molecular formula is C11H13BrClFN2O2S. The molecule has 0 saturated heterocycles. The van der Waals surface area contributed by atoms with Gasteiger partial charge in [-0.15, -0.1) is 0 Å². The summed E-state index contributed by atoms with van der Waals surface area (Å²) in [4.78, 5) is -0.554. The van der Waals surface area contributed by atoms with Gasteiger partial charge in [-0.05, 0) is 28.9 Å². The first-order valence-corrected chi connectivity index (χ1v) is 7.73. The minimum atomic E-state index is -4.01. The molecule has 4 nitrogen and oxygen atoms in total. The van der Waals surface area contributed by atoms with Gasteiger partial charge in [0.1, 0.15) is 4.90 Å². The van der Waals surface area contributed by atoms with E-state index < -0.39 is 20.7 Å². The van der Waals surface area contributed by atoms with Gasteiger partial charge < -0.3 is 5.73 Å². The molecule has 0 amide bonds. The van der Waals surface area contributed by atoms with Crippen LogP contribution in [0.4, 0.5) is 10.1 Å². The number of anilines is 1. The highest BCUT2D eigenvalue weighted by atomic mass is 79.9. The fraction of sp³-hybridized carbons (Fsp3) is 0.273. The Morgan fingerprint density at radius 3 is 2.63 bits per heavy atom. The van der Waals surface area contributed by atoms with Crippen molar-refractivity contribution in [2.24, 2.45) is 0 Å². The molecule has 1 aromatic rings. The molecule has 0 aliphatic carbocycles. The molecule has 0 radical (unpaired) electrons. The van der Waals surface area contributed by atoms with E-state index >= 15 is 0 Å². The van der Waals surface area contributed by atoms with E-state index in [1.165, 1.54) is 7.05 Å². The van der Waals surface area contributed by atoms with Gasteiger partial charge in [-0.25, -0.2) is 12.8 Å². The molecule has 0 aromatic heterocycles. The zero-order valence-electron chi connectivity index (χ0n) is 10.4. The van der Waals surface area contributed by atoms with E-state index in [9.17, 15) is 12.8 Å². The maximum atomic E-state index is 14.0. The van der Waals surface area contributed by atoms with E-state index in [0.717, 1.165) is 10.4 Å². The smallest absolute Gasteiger partial charge is 0.246 e. The summed E-state index contributed by atoms with van der Waals surface area (Å²) in [6.45, 7) is 5.37. The summed E-state index contributed by atoms with van der Waals surface area (Å²) in [6, 6.07) is 1.03. The molecule has 0 aliphatic rings. The second kappa shape index (κ2) is 5.78. The van der Waals surface area contributed by atoms with Crippen LogP contribution in [0.2, 0.25) is 5.02 Å². The minimum Gasteiger partial charge on any atom is -0.395 e. The Bertz CT molecular complexity index is 634. The van der Waals surface area contributed by atoms with E-state index in [-0.39, 0.29) is 21.7 Å². The summed E-state index contributed by atoms with van der Waals surface area (Å²) in [6.07, 6.45) is 0. The Labute approximate surface area is 125 Å². The molecule has 1 rings (SSSR count). The Balaban J connectivity index is 3.42. The lowest BCUT2D eigenvalue weighted by molar-refractivity contribution is 0.484. The quantitative estimate of drug-likeness (QED) is 0.503. The first-order valence-electron chi connectivity index (χ1n) is 5.12. The first-order chi connectivity index (χ1) is 8.59. The molecule has 0 atom stereocenters. The van der Waals surface area contributed by atoms with Crippen LogP contribution in [0.5, 0.6) is 0 Å². The highest BCUT2D eigenvalue weighted by Crippen LogP contribution is 2.35. The van der Waals surface area contributed by atoms with Gasteiger partial charge in [0.15, 0.2) is 5.82 Å². The van der Waals surface area contributed by atoms with Crippen LogP contribution >= 0.6 is 27.5 Å². The molecule has 1 aromatic carbocycles. The molecule has 0 aliphatic heterocycles. The van der Waals surface area contributed by atoms with Gasteiger partial charge in [0.25, 0.3) is 0 Å². The van der Waals surface area contributed by atoms with Crippen molar-refractivity contribution in [1.29, 1.82) is 0 Å². The van der Waals surface area contributed by atoms with Gasteiger partial charge in [-0.1, -0.05) is 23.8 Å². The van der Waals surface area contributed by atoms with Gasteiger partial charge in [-0.2, -0.15) is 4.31 Å². The summed E-state index contributed by atoms with van der Waals surface area (Å²) < 4.78 is 39.5. The summed E-state index contributed by atoms with van der Waals surface area (Å²) >= 11 is 8.80. The van der Waals surface area contributed by atoms with Gasteiger partial charge in [-0.3, -0.25) is 0 Å². The van der Waals surface area contributed by atoms with Gasteiger partial charge in [0.2, 0.25) is 10.0 Å². The van der Waals surface area contributed by atoms with E-state index in [0.29, 0.717) is 5.57 Å². The number of halogens is 3. The molecule has 0 spiro atoms. The Morgan fingerprint density at radius 1 is 1.63 bits per heavy atom. The number of sulfonamides is 1. The summed E-state index contributed by atoms with van der Waals surface area (Å²) in [5.74, 6) is -1.02. The van der Waals surface area contributed by atoms with Crippen LogP contribution in [0.25, 0.3) is 0 Å². The Morgan fingerprint density at radius 2 is 2.16 bits per heavy atom. The van der Waals surface area contributed by atoms with Crippen molar-refractivity contribution in [3.8, 4) is 0 Å². The zero-order valence-corrected chi connectivity index (χ0v) is 13.5. The lowest BCUT2D eigenvalue weighted by Crippen LogP contribution is -2.29. The molecule has 19 heavy (non-hydrogen) atoms. The maximum absolute atomic E-state index is 14.0. The van der Waals surface area contributed by atoms with Crippen molar-refractivity contribution in [2.45, 2.75) is 11.8 Å². The van der Waals surface area contributed by atoms with Gasteiger partial charge >= 0.3 is 0 Å². The number of hydrogen-bond acceptors (Lipinski definition) is 3. The monoisotopic (exact) mass is 370 g/mol. The fourth-order valence-electron chi connectivity index (χ4n) is 1.42. The van der Waals surface area contributed by atoms with E-state index in [4.69, 9.17) is 17.3 Å². The lowest BCUT2D eigenvalue weighted by atomic mass is 10.3. The molecule has 2 N–H and O–H groups in total. The number of hydrogen-bond donors (Lipinski definition) is 1. The standard InChI is InChI=1S/C11H13BrClFN2O2S/c1-6(2)5-16(3)19(17,18)8-4-7(13)9(12)11(15)10(8)14/h4H,1,5,15H2,2-3H3. The second-order valence-electron chi connectivity index (χ2n) is 4.12. The normalized spacial score (nSPS) is 11.9. The number of nitrogens with zero attached hydrogens (tertiary/aromatic N) is 1. The van der Waals surface area contributed by atoms with Crippen LogP contribution in [0.15, 0.2) is 27.6 Å². The van der Waals surface area contributed by atoms with Crippen LogP contribution in [0.3, 0.4) is 0 Å². The highest BCUT2D eigenvalue weighted by molar-refractivity contribution is 9.10. The molecule has 0 saturated carbocycles. The predicted octanol–water partition coefficient (Wildman–Crippen LogP) is 3.02. The van der Waals surface area contributed by atoms with Crippen LogP contribution in [0, 0.1) is 5.82 Å². The van der Waals surface area contributed by atoms with Crippen molar-refractivity contribution in [3.63, 3.8) is 0 Å². The van der Waals surface area contributed by atoms with Gasteiger partial charge in [0.05, 0.1) is 15.2 Å². The summed E-state index contributed by atoms with van der Waals surface area (Å²) in [5.41, 5.74) is 5.76. The topological polar surface area (TPSA) is 63.4 Å². The third-order valence-corrected chi connectivity index (χ3v) is 5.52. The molecule has 0 unspecified atom stereocenters. The summed E-state index contributed by atoms with van der Waals surface area (Å²) in [5, 5.41) is 0.0289. The maximum Gasteiger partial charge on any atom is 0.246 e. The Hall–Kier alpha value is -0.630. The average Bonchev–Trinajstić information content (AvgIpc) is 2.30. The van der Waals surface area contributed by atoms with Crippen LogP contribution in [0.1, 0.15) is 6.92 Å². The minimum absolute atomic E-state index is 0.0289. The SMILES string of the molecule is C=C(C)CN(C)S(=O)(=O)c1cc(Cl)c(Br)c(N)c1F. The average molecular weight is 372 g/mol. The largest absolute Gasteiger partial charge is 0.395 e. The number of nitrogen functional groups attached to an aromatic ring is 1. The zero-order chi connectivity index (χ0) is 15.0. The van der Waals surface area contributed by atoms with Crippen LogP contribution in [-0.4, -0.2) is 26.3 Å². The third-order valence-electron chi connectivity index (χ3n) is 2.34. The van der Waals surface area contributed by atoms with Crippen LogP contribution < -0.4 is 5.73 Å². The van der Waals surface area contributed by atoms with Crippen molar-refractivity contribution < 1.29 is 12.8 Å². The fourth-order valence-corrected chi connectivity index (χ4v) is 3.31. The number of likely N-dealkylation sites (N-methyl/N-ethyl adjacent to an activating group) is 1. The van der Waals surface area contributed by atoms with Crippen molar-refractivity contribution in [1.82, 2.24) is 4.31 Å². The number of benzene rings is 1. The Kier molecular flexibility index (Phi) is 5.00. The molecule has 0 heterocycles. The number of nitrogens with two attached hydrogens (primary N) is 1. The summed E-state index contributed by atoms with van der Waals surface area (Å²) in [7, 11) is -2.69.